The van der Waals surface area contributed by atoms with Crippen molar-refractivity contribution in [2.45, 2.75) is 45.2 Å². The summed E-state index contributed by atoms with van der Waals surface area (Å²) in [6, 6.07) is 7.35. The van der Waals surface area contributed by atoms with Gasteiger partial charge in [0, 0.05) is 5.56 Å². The highest BCUT2D eigenvalue weighted by Gasteiger charge is 2.31. The minimum atomic E-state index is 0.677. The highest BCUT2D eigenvalue weighted by Crippen LogP contribution is 2.27. The normalized spacial score (nSPS) is 25.5. The number of piperazine rings is 1. The molecule has 3 rings (SSSR count). The smallest absolute Gasteiger partial charge is 0.161 e. The van der Waals surface area contributed by atoms with E-state index in [4.69, 9.17) is 9.47 Å². The van der Waals surface area contributed by atoms with E-state index in [0.29, 0.717) is 6.61 Å². The fourth-order valence-electron chi connectivity index (χ4n) is 4.23. The monoisotopic (exact) mass is 320 g/mol. The highest BCUT2D eigenvalue weighted by atomic mass is 16.5. The lowest BCUT2D eigenvalue weighted by Gasteiger charge is -2.33. The standard InChI is InChI=1S/C19H30N2O2/c1-3-23-19-14-16(8-9-18(19)22-2)15-20-10-12-21(13-11-20)17-6-4-5-7-17/h8-9,14,17H,3-7,10-13,15H2,1-2H3/p+2. The van der Waals surface area contributed by atoms with E-state index >= 15 is 0 Å². The molecule has 0 spiro atoms. The van der Waals surface area contributed by atoms with Crippen molar-refractivity contribution in [2.75, 3.05) is 39.9 Å². The molecule has 1 aromatic rings. The summed E-state index contributed by atoms with van der Waals surface area (Å²) >= 11 is 0. The summed E-state index contributed by atoms with van der Waals surface area (Å²) in [4.78, 5) is 3.58. The molecule has 2 aliphatic rings. The zero-order valence-electron chi connectivity index (χ0n) is 14.7. The number of methoxy groups -OCH3 is 1. The first-order chi connectivity index (χ1) is 11.3. The number of quaternary nitrogens is 2. The summed E-state index contributed by atoms with van der Waals surface area (Å²) in [6.07, 6.45) is 5.83. The maximum Gasteiger partial charge on any atom is 0.161 e. The van der Waals surface area contributed by atoms with Crippen molar-refractivity contribution in [2.24, 2.45) is 0 Å². The Morgan fingerprint density at radius 1 is 1.04 bits per heavy atom. The predicted molar refractivity (Wildman–Crippen MR) is 91.5 cm³/mol. The summed E-state index contributed by atoms with van der Waals surface area (Å²) in [5.74, 6) is 1.71. The molecule has 1 saturated carbocycles. The van der Waals surface area contributed by atoms with Gasteiger partial charge in [0.1, 0.15) is 32.7 Å². The Labute approximate surface area is 140 Å². The van der Waals surface area contributed by atoms with Gasteiger partial charge in [0.05, 0.1) is 19.8 Å². The molecule has 0 unspecified atom stereocenters. The third-order valence-electron chi connectivity index (χ3n) is 5.51. The third-order valence-corrected chi connectivity index (χ3v) is 5.51. The topological polar surface area (TPSA) is 27.3 Å². The van der Waals surface area contributed by atoms with E-state index < -0.39 is 0 Å². The first-order valence-corrected chi connectivity index (χ1v) is 9.28. The average Bonchev–Trinajstić information content (AvgIpc) is 3.11. The molecule has 23 heavy (non-hydrogen) atoms. The first-order valence-electron chi connectivity index (χ1n) is 9.28. The Kier molecular flexibility index (Phi) is 5.79. The van der Waals surface area contributed by atoms with E-state index in [1.54, 1.807) is 12.0 Å². The molecule has 4 heteroatoms. The largest absolute Gasteiger partial charge is 0.493 e. The molecule has 128 valence electrons. The summed E-state index contributed by atoms with van der Waals surface area (Å²) in [7, 11) is 1.70. The van der Waals surface area contributed by atoms with Crippen LogP contribution in [0.1, 0.15) is 38.2 Å². The van der Waals surface area contributed by atoms with Gasteiger partial charge in [-0.2, -0.15) is 0 Å². The zero-order valence-corrected chi connectivity index (χ0v) is 14.7. The second kappa shape index (κ2) is 8.02. The predicted octanol–water partition coefficient (Wildman–Crippen LogP) is 0.320. The van der Waals surface area contributed by atoms with Gasteiger partial charge in [0.2, 0.25) is 0 Å². The highest BCUT2D eigenvalue weighted by molar-refractivity contribution is 5.42. The fraction of sp³-hybridized carbons (Fsp3) is 0.684. The molecule has 1 aliphatic carbocycles. The summed E-state index contributed by atoms with van der Waals surface area (Å²) in [5, 5.41) is 0. The molecule has 0 atom stereocenters. The van der Waals surface area contributed by atoms with E-state index in [9.17, 15) is 0 Å². The van der Waals surface area contributed by atoms with Crippen LogP contribution >= 0.6 is 0 Å². The third kappa shape index (κ3) is 4.18. The van der Waals surface area contributed by atoms with Crippen molar-refractivity contribution >= 4 is 0 Å². The lowest BCUT2D eigenvalue weighted by atomic mass is 10.1. The Balaban J connectivity index is 1.54. The van der Waals surface area contributed by atoms with Crippen molar-refractivity contribution in [1.29, 1.82) is 0 Å². The Bertz CT molecular complexity index is 492. The van der Waals surface area contributed by atoms with Crippen molar-refractivity contribution in [3.8, 4) is 11.5 Å². The van der Waals surface area contributed by atoms with Crippen molar-refractivity contribution < 1.29 is 19.3 Å². The Morgan fingerprint density at radius 2 is 1.78 bits per heavy atom. The molecular formula is C19H32N2O2+2. The van der Waals surface area contributed by atoms with Crippen LogP contribution < -0.4 is 19.3 Å². The van der Waals surface area contributed by atoms with Gasteiger partial charge in [-0.3, -0.25) is 0 Å². The quantitative estimate of drug-likeness (QED) is 0.790. The SMILES string of the molecule is CCOc1cc(C[NH+]2CC[NH+](C3CCCC3)CC2)ccc1OC. The lowest BCUT2D eigenvalue weighted by molar-refractivity contribution is -1.03. The molecule has 2 fully saturated rings. The van der Waals surface area contributed by atoms with Gasteiger partial charge in [0.15, 0.2) is 11.5 Å². The van der Waals surface area contributed by atoms with Crippen LogP contribution in [-0.2, 0) is 6.54 Å². The summed E-state index contributed by atoms with van der Waals surface area (Å²) in [5.41, 5.74) is 1.36. The van der Waals surface area contributed by atoms with Crippen LogP contribution in [0.2, 0.25) is 0 Å². The van der Waals surface area contributed by atoms with Crippen molar-refractivity contribution in [1.82, 2.24) is 0 Å². The lowest BCUT2D eigenvalue weighted by Crippen LogP contribution is -3.29. The molecule has 2 N–H and O–H groups in total. The van der Waals surface area contributed by atoms with Gasteiger partial charge < -0.3 is 19.3 Å². The van der Waals surface area contributed by atoms with Crippen molar-refractivity contribution in [3.05, 3.63) is 23.8 Å². The molecular weight excluding hydrogens is 288 g/mol. The maximum absolute atomic E-state index is 5.70. The number of ether oxygens (including phenoxy) is 2. The summed E-state index contributed by atoms with van der Waals surface area (Å²) in [6.45, 7) is 9.06. The molecule has 0 bridgehead atoms. The Morgan fingerprint density at radius 3 is 2.43 bits per heavy atom. The van der Waals surface area contributed by atoms with Crippen LogP contribution in [0.15, 0.2) is 18.2 Å². The van der Waals surface area contributed by atoms with Crippen LogP contribution in [0.25, 0.3) is 0 Å². The molecule has 0 aromatic heterocycles. The molecule has 4 nitrogen and oxygen atoms in total. The number of benzene rings is 1. The number of hydrogen-bond acceptors (Lipinski definition) is 2. The molecule has 1 aromatic carbocycles. The van der Waals surface area contributed by atoms with Gasteiger partial charge >= 0.3 is 0 Å². The van der Waals surface area contributed by atoms with Crippen LogP contribution in [-0.4, -0.2) is 45.9 Å². The zero-order chi connectivity index (χ0) is 16.1. The second-order valence-corrected chi connectivity index (χ2v) is 6.98. The number of rotatable bonds is 6. The van der Waals surface area contributed by atoms with Crippen molar-refractivity contribution in [3.63, 3.8) is 0 Å². The van der Waals surface area contributed by atoms with Gasteiger partial charge in [0.25, 0.3) is 0 Å². The minimum absolute atomic E-state index is 0.677. The van der Waals surface area contributed by atoms with E-state index in [2.05, 4.69) is 12.1 Å². The van der Waals surface area contributed by atoms with Gasteiger partial charge in [-0.25, -0.2) is 0 Å². The van der Waals surface area contributed by atoms with E-state index in [1.807, 2.05) is 17.9 Å². The first kappa shape index (κ1) is 16.6. The fourth-order valence-corrected chi connectivity index (χ4v) is 4.23. The van der Waals surface area contributed by atoms with Gasteiger partial charge in [-0.15, -0.1) is 0 Å². The number of hydrogen-bond donors (Lipinski definition) is 2. The van der Waals surface area contributed by atoms with Crippen LogP contribution in [0.5, 0.6) is 11.5 Å². The average molecular weight is 320 g/mol. The van der Waals surface area contributed by atoms with E-state index in [-0.39, 0.29) is 0 Å². The number of nitrogens with one attached hydrogen (secondary N) is 2. The minimum Gasteiger partial charge on any atom is -0.493 e. The van der Waals surface area contributed by atoms with Crippen LogP contribution in [0.4, 0.5) is 0 Å². The van der Waals surface area contributed by atoms with Crippen LogP contribution in [0, 0.1) is 0 Å². The van der Waals surface area contributed by atoms with E-state index in [1.165, 1.54) is 57.4 Å². The molecule has 1 heterocycles. The summed E-state index contributed by atoms with van der Waals surface area (Å²) < 4.78 is 11.1. The van der Waals surface area contributed by atoms with E-state index in [0.717, 1.165) is 24.1 Å². The molecule has 0 radical (unpaired) electrons. The molecule has 1 saturated heterocycles. The molecule has 0 amide bonds. The van der Waals surface area contributed by atoms with Crippen LogP contribution in [0.3, 0.4) is 0 Å². The Hall–Kier alpha value is -1.26. The maximum atomic E-state index is 5.70. The van der Waals surface area contributed by atoms with Gasteiger partial charge in [-0.1, -0.05) is 0 Å². The second-order valence-electron chi connectivity index (χ2n) is 6.98. The van der Waals surface area contributed by atoms with Gasteiger partial charge in [-0.05, 0) is 50.8 Å². The molecule has 1 aliphatic heterocycles.